The van der Waals surface area contributed by atoms with Gasteiger partial charge in [-0.05, 0) is 32.9 Å². The lowest BCUT2D eigenvalue weighted by Crippen LogP contribution is -2.18. The van der Waals surface area contributed by atoms with E-state index >= 15 is 0 Å². The van der Waals surface area contributed by atoms with Crippen LogP contribution in [0.1, 0.15) is 39.0 Å². The van der Waals surface area contributed by atoms with Gasteiger partial charge in [0.2, 0.25) is 5.78 Å². The van der Waals surface area contributed by atoms with Crippen LogP contribution in [0.4, 0.5) is 0 Å². The van der Waals surface area contributed by atoms with E-state index in [9.17, 15) is 14.4 Å². The number of fused-ring (bicyclic) bond motifs is 1. The third-order valence-corrected chi connectivity index (χ3v) is 5.05. The van der Waals surface area contributed by atoms with E-state index in [1.165, 1.54) is 7.11 Å². The number of para-hydroxylation sites is 1. The number of methoxy groups -OCH3 is 1. The number of aromatic nitrogens is 2. The van der Waals surface area contributed by atoms with Gasteiger partial charge in [-0.2, -0.15) is 0 Å². The van der Waals surface area contributed by atoms with Gasteiger partial charge in [-0.3, -0.25) is 9.59 Å². The summed E-state index contributed by atoms with van der Waals surface area (Å²) in [4.78, 5) is 36.8. The van der Waals surface area contributed by atoms with Gasteiger partial charge in [-0.1, -0.05) is 18.2 Å². The van der Waals surface area contributed by atoms with Crippen molar-refractivity contribution < 1.29 is 23.9 Å². The van der Waals surface area contributed by atoms with Crippen LogP contribution in [0.25, 0.3) is 10.9 Å². The van der Waals surface area contributed by atoms with Crippen LogP contribution in [0.3, 0.4) is 0 Å². The van der Waals surface area contributed by atoms with Crippen LogP contribution >= 0.6 is 0 Å². The first-order chi connectivity index (χ1) is 13.9. The quantitative estimate of drug-likeness (QED) is 0.452. The van der Waals surface area contributed by atoms with Crippen LogP contribution < -0.4 is 0 Å². The van der Waals surface area contributed by atoms with E-state index in [-0.39, 0.29) is 18.9 Å². The number of nitrogens with zero attached hydrogens (tertiary/aromatic N) is 2. The first-order valence-electron chi connectivity index (χ1n) is 9.39. The number of aryl methyl sites for hydroxylation is 1. The SMILES string of the molecule is CCn1c(C)cc(C(=O)COC(=O)Cn2cc(C(=O)OC)c3ccccc32)c1C. The molecule has 2 aromatic heterocycles. The van der Waals surface area contributed by atoms with Crippen LogP contribution in [0.5, 0.6) is 0 Å². The Balaban J connectivity index is 1.72. The fourth-order valence-corrected chi connectivity index (χ4v) is 3.63. The second kappa shape index (κ2) is 8.34. The number of rotatable bonds is 7. The molecular weight excluding hydrogens is 372 g/mol. The van der Waals surface area contributed by atoms with Gasteiger partial charge >= 0.3 is 11.9 Å². The van der Waals surface area contributed by atoms with Crippen molar-refractivity contribution in [1.29, 1.82) is 0 Å². The summed E-state index contributed by atoms with van der Waals surface area (Å²) in [7, 11) is 1.31. The molecule has 0 aliphatic rings. The molecule has 0 N–H and O–H groups in total. The number of ketones is 1. The molecule has 0 saturated heterocycles. The molecule has 29 heavy (non-hydrogen) atoms. The Labute approximate surface area is 168 Å². The predicted molar refractivity (Wildman–Crippen MR) is 108 cm³/mol. The van der Waals surface area contributed by atoms with Crippen LogP contribution in [0.15, 0.2) is 36.5 Å². The van der Waals surface area contributed by atoms with E-state index in [2.05, 4.69) is 0 Å². The van der Waals surface area contributed by atoms with Gasteiger partial charge in [0, 0.05) is 40.6 Å². The van der Waals surface area contributed by atoms with Crippen LogP contribution in [-0.4, -0.2) is 40.6 Å². The maximum Gasteiger partial charge on any atom is 0.340 e. The fourth-order valence-electron chi connectivity index (χ4n) is 3.63. The van der Waals surface area contributed by atoms with Crippen molar-refractivity contribution in [3.63, 3.8) is 0 Å². The first-order valence-corrected chi connectivity index (χ1v) is 9.39. The van der Waals surface area contributed by atoms with Crippen molar-refractivity contribution in [1.82, 2.24) is 9.13 Å². The van der Waals surface area contributed by atoms with Crippen molar-refractivity contribution in [3.8, 4) is 0 Å². The van der Waals surface area contributed by atoms with Crippen LogP contribution in [-0.2, 0) is 27.4 Å². The van der Waals surface area contributed by atoms with E-state index in [4.69, 9.17) is 9.47 Å². The highest BCUT2D eigenvalue weighted by molar-refractivity contribution is 6.04. The van der Waals surface area contributed by atoms with Crippen molar-refractivity contribution in [2.45, 2.75) is 33.9 Å². The molecular formula is C22H24N2O5. The molecule has 0 radical (unpaired) electrons. The molecule has 7 heteroatoms. The number of hydrogen-bond acceptors (Lipinski definition) is 5. The van der Waals surface area contributed by atoms with E-state index in [0.717, 1.165) is 17.9 Å². The second-order valence-electron chi connectivity index (χ2n) is 6.79. The zero-order valence-electron chi connectivity index (χ0n) is 17.0. The summed E-state index contributed by atoms with van der Waals surface area (Å²) in [6, 6.07) is 9.04. The lowest BCUT2D eigenvalue weighted by atomic mass is 10.1. The van der Waals surface area contributed by atoms with E-state index in [1.807, 2.05) is 43.5 Å². The van der Waals surface area contributed by atoms with Crippen molar-refractivity contribution >= 4 is 28.6 Å². The topological polar surface area (TPSA) is 79.5 Å². The van der Waals surface area contributed by atoms with Gasteiger partial charge < -0.3 is 18.6 Å². The van der Waals surface area contributed by atoms with Crippen LogP contribution in [0.2, 0.25) is 0 Å². The molecule has 0 bridgehead atoms. The maximum absolute atomic E-state index is 12.5. The zero-order valence-corrected chi connectivity index (χ0v) is 17.0. The number of carbonyl (C=O) groups excluding carboxylic acids is 3. The molecule has 3 rings (SSSR count). The Bertz CT molecular complexity index is 1090. The summed E-state index contributed by atoms with van der Waals surface area (Å²) in [5, 5.41) is 0.690. The summed E-state index contributed by atoms with van der Waals surface area (Å²) in [6.45, 7) is 6.17. The summed E-state index contributed by atoms with van der Waals surface area (Å²) in [5.74, 6) is -1.27. The Morgan fingerprint density at radius 2 is 1.79 bits per heavy atom. The molecule has 0 saturated carbocycles. The summed E-state index contributed by atoms with van der Waals surface area (Å²) >= 11 is 0. The van der Waals surface area contributed by atoms with E-state index in [1.54, 1.807) is 22.9 Å². The minimum atomic E-state index is -0.556. The highest BCUT2D eigenvalue weighted by Crippen LogP contribution is 2.22. The molecule has 0 aliphatic heterocycles. The zero-order chi connectivity index (χ0) is 21.1. The van der Waals surface area contributed by atoms with Crippen molar-refractivity contribution in [2.24, 2.45) is 0 Å². The number of carbonyl (C=O) groups is 3. The second-order valence-corrected chi connectivity index (χ2v) is 6.79. The standard InChI is InChI=1S/C22H24N2O5/c1-5-24-14(2)10-17(15(24)3)20(25)13-29-21(26)12-23-11-18(22(27)28-4)16-8-6-7-9-19(16)23/h6-11H,5,12-13H2,1-4H3. The molecule has 0 fully saturated rings. The molecule has 0 unspecified atom stereocenters. The van der Waals surface area contributed by atoms with E-state index < -0.39 is 11.9 Å². The highest BCUT2D eigenvalue weighted by Gasteiger charge is 2.19. The Kier molecular flexibility index (Phi) is 5.87. The number of ether oxygens (including phenoxy) is 2. The highest BCUT2D eigenvalue weighted by atomic mass is 16.5. The molecule has 0 atom stereocenters. The predicted octanol–water partition coefficient (Wildman–Crippen LogP) is 3.29. The number of Topliss-reactive ketones (excluding diaryl/α,β-unsaturated/α-hetero) is 1. The fraction of sp³-hybridized carbons (Fsp3) is 0.318. The third kappa shape index (κ3) is 3.94. The van der Waals surface area contributed by atoms with Gasteiger partial charge in [0.25, 0.3) is 0 Å². The lowest BCUT2D eigenvalue weighted by molar-refractivity contribution is -0.143. The van der Waals surface area contributed by atoms with E-state index in [0.29, 0.717) is 22.0 Å². The minimum Gasteiger partial charge on any atom is -0.465 e. The summed E-state index contributed by atoms with van der Waals surface area (Å²) < 4.78 is 13.7. The molecule has 0 amide bonds. The molecule has 7 nitrogen and oxygen atoms in total. The number of benzene rings is 1. The Morgan fingerprint density at radius 1 is 1.07 bits per heavy atom. The molecule has 2 heterocycles. The Hall–Kier alpha value is -3.35. The van der Waals surface area contributed by atoms with Crippen molar-refractivity contribution in [2.75, 3.05) is 13.7 Å². The average Bonchev–Trinajstić information content (AvgIpc) is 3.22. The van der Waals surface area contributed by atoms with Crippen molar-refractivity contribution in [3.05, 3.63) is 59.0 Å². The van der Waals surface area contributed by atoms with Gasteiger partial charge in [-0.25, -0.2) is 4.79 Å². The van der Waals surface area contributed by atoms with Gasteiger partial charge in [0.15, 0.2) is 6.61 Å². The molecule has 1 aromatic carbocycles. The third-order valence-electron chi connectivity index (χ3n) is 5.05. The number of hydrogen-bond donors (Lipinski definition) is 0. The van der Waals surface area contributed by atoms with Gasteiger partial charge in [0.05, 0.1) is 12.7 Å². The largest absolute Gasteiger partial charge is 0.465 e. The monoisotopic (exact) mass is 396 g/mol. The molecule has 0 aliphatic carbocycles. The van der Waals surface area contributed by atoms with Gasteiger partial charge in [0.1, 0.15) is 6.54 Å². The van der Waals surface area contributed by atoms with Crippen LogP contribution in [0, 0.1) is 13.8 Å². The summed E-state index contributed by atoms with van der Waals surface area (Å²) in [6.07, 6.45) is 1.56. The molecule has 152 valence electrons. The van der Waals surface area contributed by atoms with Gasteiger partial charge in [-0.15, -0.1) is 0 Å². The normalized spacial score (nSPS) is 10.9. The lowest BCUT2D eigenvalue weighted by Gasteiger charge is -2.07. The summed E-state index contributed by atoms with van der Waals surface area (Å²) in [5.41, 5.74) is 3.51. The first kappa shape index (κ1) is 20.4. The Morgan fingerprint density at radius 3 is 2.45 bits per heavy atom. The number of esters is 2. The average molecular weight is 396 g/mol. The maximum atomic E-state index is 12.5. The minimum absolute atomic E-state index is 0.112. The molecule has 0 spiro atoms. The molecule has 3 aromatic rings. The smallest absolute Gasteiger partial charge is 0.340 e.